The minimum atomic E-state index is 0.396. The van der Waals surface area contributed by atoms with E-state index in [2.05, 4.69) is 112 Å². The molecule has 0 aliphatic carbocycles. The molecule has 3 heterocycles. The Morgan fingerprint density at radius 1 is 0.692 bits per heavy atom. The molecule has 0 atom stereocenters. The quantitative estimate of drug-likeness (QED) is 0.220. The number of benzene rings is 4. The number of nitrogens with zero attached hydrogens (tertiary/aromatic N) is 2. The molecule has 0 aliphatic heterocycles. The van der Waals surface area contributed by atoms with E-state index in [4.69, 9.17) is 8.83 Å². The van der Waals surface area contributed by atoms with E-state index in [-0.39, 0.29) is 0 Å². The van der Waals surface area contributed by atoms with Crippen molar-refractivity contribution in [3.63, 3.8) is 0 Å². The largest absolute Gasteiger partial charge is 0.456 e. The van der Waals surface area contributed by atoms with E-state index in [9.17, 15) is 0 Å². The maximum Gasteiger partial charge on any atom is 0.297 e. The van der Waals surface area contributed by atoms with Gasteiger partial charge in [-0.15, -0.1) is 0 Å². The summed E-state index contributed by atoms with van der Waals surface area (Å²) in [4.78, 5) is 0. The first-order valence-corrected chi connectivity index (χ1v) is 13.8. The lowest BCUT2D eigenvalue weighted by atomic mass is 9.92. The number of furan rings is 2. The molecule has 0 fully saturated rings. The Morgan fingerprint density at radius 3 is 2.13 bits per heavy atom. The molecule has 0 radical (unpaired) electrons. The van der Waals surface area contributed by atoms with E-state index in [1.165, 1.54) is 22.4 Å². The van der Waals surface area contributed by atoms with Gasteiger partial charge in [-0.05, 0) is 36.5 Å². The zero-order valence-corrected chi connectivity index (χ0v) is 23.4. The van der Waals surface area contributed by atoms with Crippen LogP contribution in [0.1, 0.15) is 56.2 Å². The highest BCUT2D eigenvalue weighted by Gasteiger charge is 2.29. The topological polar surface area (TPSA) is 35.1 Å². The van der Waals surface area contributed by atoms with E-state index >= 15 is 0 Å². The van der Waals surface area contributed by atoms with Crippen molar-refractivity contribution in [3.8, 4) is 17.1 Å². The molecule has 0 bridgehead atoms. The van der Waals surface area contributed by atoms with E-state index in [0.717, 1.165) is 55.3 Å². The summed E-state index contributed by atoms with van der Waals surface area (Å²) in [6.45, 7) is 11.3. The van der Waals surface area contributed by atoms with Crippen LogP contribution in [0, 0.1) is 6.92 Å². The van der Waals surface area contributed by atoms with E-state index < -0.39 is 0 Å². The molecule has 0 unspecified atom stereocenters. The lowest BCUT2D eigenvalue weighted by Crippen LogP contribution is -2.29. The fourth-order valence-corrected chi connectivity index (χ4v) is 6.18. The predicted octanol–water partition coefficient (Wildman–Crippen LogP) is 9.32. The number of imidazole rings is 1. The summed E-state index contributed by atoms with van der Waals surface area (Å²) in [5, 5.41) is 4.47. The van der Waals surface area contributed by atoms with Gasteiger partial charge < -0.3 is 8.83 Å². The summed E-state index contributed by atoms with van der Waals surface area (Å²) >= 11 is 0. The fourth-order valence-electron chi connectivity index (χ4n) is 6.18. The van der Waals surface area contributed by atoms with Crippen LogP contribution in [0.15, 0.2) is 88.0 Å². The summed E-state index contributed by atoms with van der Waals surface area (Å²) in [6, 6.07) is 23.6. The summed E-state index contributed by atoms with van der Waals surface area (Å²) in [5.74, 6) is 1.90. The van der Waals surface area contributed by atoms with Crippen LogP contribution in [0.5, 0.6) is 0 Å². The molecular weight excluding hydrogens is 480 g/mol. The number of para-hydroxylation sites is 2. The van der Waals surface area contributed by atoms with Gasteiger partial charge in [-0.1, -0.05) is 76.2 Å². The third-order valence-electron chi connectivity index (χ3n) is 8.16. The normalized spacial score (nSPS) is 12.3. The highest BCUT2D eigenvalue weighted by molar-refractivity contribution is 6.16. The molecule has 7 rings (SSSR count). The Labute approximate surface area is 228 Å². The molecule has 4 heteroatoms. The summed E-state index contributed by atoms with van der Waals surface area (Å²) < 4.78 is 17.5. The maximum absolute atomic E-state index is 6.71. The standard InChI is InChI=1S/C35H33N2O2/c1-20(2)23-11-9-12-24(21(3)4)33(23)37-17-16-36(6)35(37)32-22(5)14-15-26-28-18-27-25-10-7-8-13-29(25)38-30(27)19-31(28)39-34(26)32/h7-21H,1-6H3/q+1. The van der Waals surface area contributed by atoms with Crippen molar-refractivity contribution in [2.24, 2.45) is 7.05 Å². The van der Waals surface area contributed by atoms with Crippen molar-refractivity contribution in [3.05, 3.63) is 95.8 Å². The molecule has 0 amide bonds. The maximum atomic E-state index is 6.71. The van der Waals surface area contributed by atoms with Gasteiger partial charge in [0.25, 0.3) is 5.82 Å². The van der Waals surface area contributed by atoms with Crippen molar-refractivity contribution >= 4 is 43.9 Å². The van der Waals surface area contributed by atoms with Gasteiger partial charge in [0.1, 0.15) is 40.4 Å². The lowest BCUT2D eigenvalue weighted by molar-refractivity contribution is -0.659. The molecule has 4 nitrogen and oxygen atoms in total. The molecule has 0 saturated heterocycles. The second-order valence-electron chi connectivity index (χ2n) is 11.4. The Kier molecular flexibility index (Phi) is 5.25. The van der Waals surface area contributed by atoms with Crippen LogP contribution >= 0.6 is 0 Å². The number of aromatic nitrogens is 2. The third-order valence-corrected chi connectivity index (χ3v) is 8.16. The summed E-state index contributed by atoms with van der Waals surface area (Å²) in [7, 11) is 2.12. The van der Waals surface area contributed by atoms with E-state index in [0.29, 0.717) is 11.8 Å². The van der Waals surface area contributed by atoms with Crippen molar-refractivity contribution in [2.45, 2.75) is 46.5 Å². The minimum absolute atomic E-state index is 0.396. The van der Waals surface area contributed by atoms with Crippen LogP contribution in [-0.2, 0) is 7.05 Å². The molecule has 194 valence electrons. The van der Waals surface area contributed by atoms with Gasteiger partial charge in [0.05, 0.1) is 7.05 Å². The van der Waals surface area contributed by atoms with Gasteiger partial charge >= 0.3 is 0 Å². The summed E-state index contributed by atoms with van der Waals surface area (Å²) in [5.41, 5.74) is 9.76. The number of hydrogen-bond donors (Lipinski definition) is 0. The van der Waals surface area contributed by atoms with Crippen LogP contribution in [0.3, 0.4) is 0 Å². The number of hydrogen-bond acceptors (Lipinski definition) is 2. The van der Waals surface area contributed by atoms with Crippen molar-refractivity contribution in [2.75, 3.05) is 0 Å². The van der Waals surface area contributed by atoms with Crippen molar-refractivity contribution in [1.29, 1.82) is 0 Å². The molecule has 0 saturated carbocycles. The molecule has 4 aromatic carbocycles. The zero-order chi connectivity index (χ0) is 27.0. The first kappa shape index (κ1) is 23.8. The lowest BCUT2D eigenvalue weighted by Gasteiger charge is -2.18. The van der Waals surface area contributed by atoms with Crippen molar-refractivity contribution < 1.29 is 13.4 Å². The SMILES string of the molecule is Cc1ccc2c(oc3cc4oc5ccccc5c4cc32)c1-c1n(-c2c(C(C)C)cccc2C(C)C)cc[n+]1C. The molecule has 0 N–H and O–H groups in total. The fraction of sp³-hybridized carbons (Fsp3) is 0.229. The molecular formula is C35H33N2O2+. The third kappa shape index (κ3) is 3.47. The van der Waals surface area contributed by atoms with Gasteiger partial charge in [0.15, 0.2) is 5.58 Å². The first-order valence-electron chi connectivity index (χ1n) is 13.8. The average Bonchev–Trinajstić information content (AvgIpc) is 3.59. The highest BCUT2D eigenvalue weighted by Crippen LogP contribution is 2.42. The van der Waals surface area contributed by atoms with Crippen LogP contribution in [0.4, 0.5) is 0 Å². The van der Waals surface area contributed by atoms with Crippen LogP contribution < -0.4 is 4.57 Å². The Hall–Kier alpha value is -4.31. The molecule has 39 heavy (non-hydrogen) atoms. The average molecular weight is 514 g/mol. The summed E-state index contributed by atoms with van der Waals surface area (Å²) in [6.07, 6.45) is 4.35. The zero-order valence-electron chi connectivity index (χ0n) is 23.4. The Balaban J connectivity index is 1.55. The molecule has 7 aromatic rings. The van der Waals surface area contributed by atoms with E-state index in [1.54, 1.807) is 0 Å². The molecule has 0 aliphatic rings. The van der Waals surface area contributed by atoms with Crippen molar-refractivity contribution in [1.82, 2.24) is 4.57 Å². The Morgan fingerprint density at radius 2 is 1.38 bits per heavy atom. The minimum Gasteiger partial charge on any atom is -0.456 e. The van der Waals surface area contributed by atoms with Gasteiger partial charge in [-0.2, -0.15) is 4.57 Å². The second-order valence-corrected chi connectivity index (χ2v) is 11.4. The van der Waals surface area contributed by atoms with E-state index in [1.807, 2.05) is 18.2 Å². The first-order chi connectivity index (χ1) is 18.8. The molecule has 3 aromatic heterocycles. The van der Waals surface area contributed by atoms with Gasteiger partial charge in [-0.3, -0.25) is 0 Å². The predicted molar refractivity (Wildman–Crippen MR) is 160 cm³/mol. The number of rotatable bonds is 4. The second kappa shape index (κ2) is 8.60. The van der Waals surface area contributed by atoms with Gasteiger partial charge in [-0.25, -0.2) is 4.57 Å². The molecule has 0 spiro atoms. The van der Waals surface area contributed by atoms with Crippen LogP contribution in [0.25, 0.3) is 61.0 Å². The monoisotopic (exact) mass is 513 g/mol. The number of fused-ring (bicyclic) bond motifs is 6. The van der Waals surface area contributed by atoms with Gasteiger partial charge in [0.2, 0.25) is 0 Å². The smallest absolute Gasteiger partial charge is 0.297 e. The highest BCUT2D eigenvalue weighted by atomic mass is 16.3. The van der Waals surface area contributed by atoms with Crippen LogP contribution in [0.2, 0.25) is 0 Å². The van der Waals surface area contributed by atoms with Crippen LogP contribution in [-0.4, -0.2) is 4.57 Å². The Bertz CT molecular complexity index is 2020. The number of aryl methyl sites for hydroxylation is 2. The van der Waals surface area contributed by atoms with Gasteiger partial charge in [0, 0.05) is 38.7 Å².